The second-order valence-corrected chi connectivity index (χ2v) is 8.01. The first-order valence-electron chi connectivity index (χ1n) is 7.45. The van der Waals surface area contributed by atoms with E-state index >= 15 is 0 Å². The third-order valence-electron chi connectivity index (χ3n) is 3.24. The molecule has 0 aromatic heterocycles. The molecule has 1 unspecified atom stereocenters. The standard InChI is InChI=1S/C16H18F2I2O6/c1-8(2)13(16(17,18)15(22)23)26-14(21)10-6-9(19)7-11(20)12(10)25-5-4-24-3/h6-8,13H,4-5H2,1-3H3,(H,22,23). The number of benzene rings is 1. The maximum absolute atomic E-state index is 13.9. The fourth-order valence-electron chi connectivity index (χ4n) is 2.01. The van der Waals surface area contributed by atoms with Crippen LogP contribution in [0.3, 0.4) is 0 Å². The van der Waals surface area contributed by atoms with Gasteiger partial charge in [0, 0.05) is 10.7 Å². The predicted octanol–water partition coefficient (Wildman–Crippen LogP) is 3.82. The Labute approximate surface area is 176 Å². The Balaban J connectivity index is 3.20. The van der Waals surface area contributed by atoms with Crippen LogP contribution in [0.25, 0.3) is 0 Å². The predicted molar refractivity (Wildman–Crippen MR) is 106 cm³/mol. The number of halogens is 4. The summed E-state index contributed by atoms with van der Waals surface area (Å²) in [5, 5.41) is 8.75. The smallest absolute Gasteiger partial charge is 0.378 e. The number of methoxy groups -OCH3 is 1. The fourth-order valence-corrected chi connectivity index (χ4v) is 4.02. The lowest BCUT2D eigenvalue weighted by molar-refractivity contribution is -0.187. The highest BCUT2D eigenvalue weighted by Gasteiger charge is 2.51. The van der Waals surface area contributed by atoms with Crippen LogP contribution >= 0.6 is 45.2 Å². The number of hydrogen-bond acceptors (Lipinski definition) is 5. The number of carboxylic acid groups (broad SMARTS) is 1. The first kappa shape index (κ1) is 23.3. The van der Waals surface area contributed by atoms with E-state index in [0.29, 0.717) is 7.14 Å². The molecule has 1 N–H and O–H groups in total. The third-order valence-corrected chi connectivity index (χ3v) is 4.67. The lowest BCUT2D eigenvalue weighted by Crippen LogP contribution is -2.47. The summed E-state index contributed by atoms with van der Waals surface area (Å²) in [6, 6.07) is 3.18. The van der Waals surface area contributed by atoms with E-state index in [4.69, 9.17) is 19.3 Å². The van der Waals surface area contributed by atoms with E-state index in [0.717, 1.165) is 0 Å². The van der Waals surface area contributed by atoms with Crippen molar-refractivity contribution in [2.24, 2.45) is 5.92 Å². The summed E-state index contributed by atoms with van der Waals surface area (Å²) < 4.78 is 44.4. The second-order valence-electron chi connectivity index (χ2n) is 5.60. The molecule has 0 saturated heterocycles. The molecule has 0 spiro atoms. The minimum Gasteiger partial charge on any atom is -0.489 e. The van der Waals surface area contributed by atoms with Crippen molar-refractivity contribution in [1.29, 1.82) is 0 Å². The maximum Gasteiger partial charge on any atom is 0.378 e. The average molecular weight is 598 g/mol. The molecule has 1 atom stereocenters. The van der Waals surface area contributed by atoms with Gasteiger partial charge in [0.25, 0.3) is 0 Å². The summed E-state index contributed by atoms with van der Waals surface area (Å²) in [6.07, 6.45) is -2.12. The summed E-state index contributed by atoms with van der Waals surface area (Å²) >= 11 is 3.91. The van der Waals surface area contributed by atoms with Gasteiger partial charge in [0.15, 0.2) is 6.10 Å². The molecule has 0 saturated carbocycles. The van der Waals surface area contributed by atoms with E-state index in [9.17, 15) is 18.4 Å². The number of carbonyl (C=O) groups excluding carboxylic acids is 1. The normalized spacial score (nSPS) is 12.8. The van der Waals surface area contributed by atoms with Crippen molar-refractivity contribution < 1.29 is 37.7 Å². The molecule has 0 aliphatic rings. The molecule has 26 heavy (non-hydrogen) atoms. The van der Waals surface area contributed by atoms with E-state index in [1.165, 1.54) is 27.0 Å². The number of alkyl halides is 2. The summed E-state index contributed by atoms with van der Waals surface area (Å²) in [5.41, 5.74) is -0.0516. The quantitative estimate of drug-likeness (QED) is 0.265. The number of hydrogen-bond donors (Lipinski definition) is 1. The first-order chi connectivity index (χ1) is 12.0. The minimum absolute atomic E-state index is 0.0516. The zero-order chi connectivity index (χ0) is 20.1. The lowest BCUT2D eigenvalue weighted by Gasteiger charge is -2.27. The van der Waals surface area contributed by atoms with Gasteiger partial charge in [0.2, 0.25) is 0 Å². The zero-order valence-corrected chi connectivity index (χ0v) is 18.5. The van der Waals surface area contributed by atoms with Gasteiger partial charge in [-0.1, -0.05) is 13.8 Å². The van der Waals surface area contributed by atoms with Crippen molar-refractivity contribution in [3.63, 3.8) is 0 Å². The van der Waals surface area contributed by atoms with Gasteiger partial charge in [0.1, 0.15) is 17.9 Å². The molecular weight excluding hydrogens is 580 g/mol. The Morgan fingerprint density at radius 2 is 1.85 bits per heavy atom. The molecule has 6 nitrogen and oxygen atoms in total. The van der Waals surface area contributed by atoms with Crippen LogP contribution < -0.4 is 4.74 Å². The van der Waals surface area contributed by atoms with Gasteiger partial charge in [-0.25, -0.2) is 9.59 Å². The third kappa shape index (κ3) is 5.87. The molecule has 0 amide bonds. The summed E-state index contributed by atoms with van der Waals surface area (Å²) in [4.78, 5) is 23.4. The van der Waals surface area contributed by atoms with Gasteiger partial charge in [-0.2, -0.15) is 8.78 Å². The Bertz CT molecular complexity index is 666. The molecule has 0 fully saturated rings. The van der Waals surface area contributed by atoms with Crippen molar-refractivity contribution in [2.75, 3.05) is 20.3 Å². The highest BCUT2D eigenvalue weighted by molar-refractivity contribution is 14.1. The van der Waals surface area contributed by atoms with Gasteiger partial charge in [-0.05, 0) is 63.2 Å². The number of esters is 1. The monoisotopic (exact) mass is 598 g/mol. The Morgan fingerprint density at radius 3 is 2.35 bits per heavy atom. The number of rotatable bonds is 9. The number of ether oxygens (including phenoxy) is 3. The molecule has 1 aromatic rings. The van der Waals surface area contributed by atoms with E-state index in [1.54, 1.807) is 6.07 Å². The van der Waals surface area contributed by atoms with E-state index in [2.05, 4.69) is 0 Å². The van der Waals surface area contributed by atoms with E-state index < -0.39 is 29.9 Å². The van der Waals surface area contributed by atoms with Crippen molar-refractivity contribution in [3.8, 4) is 5.75 Å². The largest absolute Gasteiger partial charge is 0.489 e. The van der Waals surface area contributed by atoms with Gasteiger partial charge in [0.05, 0.1) is 10.2 Å². The molecule has 0 bridgehead atoms. The SMILES string of the molecule is COCCOc1c(I)cc(I)cc1C(=O)OC(C(C)C)C(F)(F)C(=O)O. The number of aliphatic carboxylic acids is 1. The molecule has 146 valence electrons. The van der Waals surface area contributed by atoms with Gasteiger partial charge in [-0.3, -0.25) is 0 Å². The van der Waals surface area contributed by atoms with Crippen LogP contribution in [0.5, 0.6) is 5.75 Å². The highest BCUT2D eigenvalue weighted by Crippen LogP contribution is 2.32. The van der Waals surface area contributed by atoms with Gasteiger partial charge >= 0.3 is 17.9 Å². The van der Waals surface area contributed by atoms with Crippen LogP contribution in [0.2, 0.25) is 0 Å². The maximum atomic E-state index is 13.9. The molecule has 10 heteroatoms. The Hall–Kier alpha value is -0.760. The van der Waals surface area contributed by atoms with E-state index in [1.807, 2.05) is 45.2 Å². The summed E-state index contributed by atoms with van der Waals surface area (Å²) in [5.74, 6) is -8.37. The van der Waals surface area contributed by atoms with Crippen molar-refractivity contribution in [2.45, 2.75) is 25.9 Å². The molecule has 0 radical (unpaired) electrons. The van der Waals surface area contributed by atoms with Crippen molar-refractivity contribution in [1.82, 2.24) is 0 Å². The lowest BCUT2D eigenvalue weighted by atomic mass is 10.0. The zero-order valence-electron chi connectivity index (χ0n) is 14.2. The van der Waals surface area contributed by atoms with Crippen molar-refractivity contribution in [3.05, 3.63) is 24.8 Å². The van der Waals surface area contributed by atoms with Gasteiger partial charge in [-0.15, -0.1) is 0 Å². The van der Waals surface area contributed by atoms with Crippen molar-refractivity contribution >= 4 is 57.1 Å². The molecule has 0 aliphatic carbocycles. The molecule has 0 heterocycles. The molecule has 1 rings (SSSR count). The van der Waals surface area contributed by atoms with Crippen LogP contribution in [0.15, 0.2) is 12.1 Å². The molecular formula is C16H18F2I2O6. The number of carboxylic acids is 1. The topological polar surface area (TPSA) is 82.1 Å². The van der Waals surface area contributed by atoms with E-state index in [-0.39, 0.29) is 24.5 Å². The van der Waals surface area contributed by atoms with Crippen LogP contribution in [0, 0.1) is 13.1 Å². The molecule has 1 aromatic carbocycles. The Kier molecular flexibility index (Phi) is 8.93. The summed E-state index contributed by atoms with van der Waals surface area (Å²) in [7, 11) is 1.48. The minimum atomic E-state index is -4.21. The van der Waals surface area contributed by atoms with Crippen LogP contribution in [0.1, 0.15) is 24.2 Å². The average Bonchev–Trinajstić information content (AvgIpc) is 2.53. The fraction of sp³-hybridized carbons (Fsp3) is 0.500. The molecule has 0 aliphatic heterocycles. The van der Waals surface area contributed by atoms with Gasteiger partial charge < -0.3 is 19.3 Å². The van der Waals surface area contributed by atoms with Crippen LogP contribution in [-0.4, -0.2) is 49.4 Å². The first-order valence-corrected chi connectivity index (χ1v) is 9.61. The Morgan fingerprint density at radius 1 is 1.23 bits per heavy atom. The second kappa shape index (κ2) is 9.97. The highest BCUT2D eigenvalue weighted by atomic mass is 127. The van der Waals surface area contributed by atoms with Crippen LogP contribution in [-0.2, 0) is 14.3 Å². The number of carbonyl (C=O) groups is 2. The summed E-state index contributed by atoms with van der Waals surface area (Å²) in [6.45, 7) is 3.11. The van der Waals surface area contributed by atoms with Crippen LogP contribution in [0.4, 0.5) is 8.78 Å².